The maximum atomic E-state index is 6.02. The van der Waals surface area contributed by atoms with Crippen molar-refractivity contribution in [3.05, 3.63) is 28.2 Å². The van der Waals surface area contributed by atoms with Crippen LogP contribution in [-0.4, -0.2) is 13.2 Å². The first-order chi connectivity index (χ1) is 8.02. The van der Waals surface area contributed by atoms with Gasteiger partial charge in [0.2, 0.25) is 0 Å². The Balaban J connectivity index is 2.20. The van der Waals surface area contributed by atoms with Crippen molar-refractivity contribution >= 4 is 15.9 Å². The highest BCUT2D eigenvalue weighted by Crippen LogP contribution is 2.41. The molecule has 2 unspecified atom stereocenters. The summed E-state index contributed by atoms with van der Waals surface area (Å²) < 4.78 is 6.54. The summed E-state index contributed by atoms with van der Waals surface area (Å²) in [5.41, 5.74) is 7.63. The first-order valence-electron chi connectivity index (χ1n) is 6.10. The van der Waals surface area contributed by atoms with Crippen molar-refractivity contribution in [3.63, 3.8) is 0 Å². The first-order valence-corrected chi connectivity index (χ1v) is 6.90. The fraction of sp³-hybridized carbons (Fsp3) is 0.571. The van der Waals surface area contributed by atoms with Gasteiger partial charge in [-0.25, -0.2) is 0 Å². The Hall–Kier alpha value is -0.540. The second-order valence-electron chi connectivity index (χ2n) is 5.45. The van der Waals surface area contributed by atoms with Crippen LogP contribution in [0.3, 0.4) is 0 Å². The molecule has 0 spiro atoms. The number of hydrogen-bond donors (Lipinski definition) is 1. The minimum atomic E-state index is 0.327. The van der Waals surface area contributed by atoms with E-state index in [1.807, 2.05) is 12.1 Å². The van der Waals surface area contributed by atoms with Crippen LogP contribution in [0.25, 0.3) is 0 Å². The lowest BCUT2D eigenvalue weighted by atomic mass is 9.82. The molecule has 1 aliphatic carbocycles. The van der Waals surface area contributed by atoms with Gasteiger partial charge in [-0.05, 0) is 54.9 Å². The molecular formula is C14H20BrNO. The predicted octanol–water partition coefficient (Wildman–Crippen LogP) is 3.52. The van der Waals surface area contributed by atoms with Gasteiger partial charge in [-0.1, -0.05) is 22.9 Å². The molecule has 3 heteroatoms. The van der Waals surface area contributed by atoms with Gasteiger partial charge in [0.25, 0.3) is 0 Å². The van der Waals surface area contributed by atoms with Gasteiger partial charge in [0, 0.05) is 10.5 Å². The molecule has 94 valence electrons. The smallest absolute Gasteiger partial charge is 0.122 e. The van der Waals surface area contributed by atoms with Crippen molar-refractivity contribution in [1.82, 2.24) is 0 Å². The van der Waals surface area contributed by atoms with Crippen LogP contribution in [0.2, 0.25) is 0 Å². The highest BCUT2D eigenvalue weighted by Gasteiger charge is 2.34. The molecule has 1 saturated carbocycles. The number of methoxy groups -OCH3 is 1. The van der Waals surface area contributed by atoms with Crippen molar-refractivity contribution in [1.29, 1.82) is 0 Å². The van der Waals surface area contributed by atoms with Crippen molar-refractivity contribution < 1.29 is 4.74 Å². The summed E-state index contributed by atoms with van der Waals surface area (Å²) in [5.74, 6) is 0.981. The third-order valence-corrected chi connectivity index (χ3v) is 4.23. The van der Waals surface area contributed by atoms with Crippen molar-refractivity contribution in [3.8, 4) is 5.75 Å². The van der Waals surface area contributed by atoms with E-state index in [9.17, 15) is 0 Å². The quantitative estimate of drug-likeness (QED) is 0.926. The molecule has 2 rings (SSSR count). The van der Waals surface area contributed by atoms with E-state index in [0.29, 0.717) is 11.5 Å². The Morgan fingerprint density at radius 3 is 2.88 bits per heavy atom. The number of ether oxygens (including phenoxy) is 1. The van der Waals surface area contributed by atoms with E-state index in [4.69, 9.17) is 10.5 Å². The summed E-state index contributed by atoms with van der Waals surface area (Å²) in [5, 5.41) is 0. The molecule has 0 amide bonds. The summed E-state index contributed by atoms with van der Waals surface area (Å²) in [6.45, 7) is 2.33. The summed E-state index contributed by atoms with van der Waals surface area (Å²) in [7, 11) is 1.73. The van der Waals surface area contributed by atoms with Gasteiger partial charge in [0.05, 0.1) is 7.11 Å². The van der Waals surface area contributed by atoms with Crippen LogP contribution in [0, 0.1) is 5.41 Å². The number of nitrogens with two attached hydrogens (primary N) is 1. The standard InChI is InChI=1S/C14H20BrNO/c1-14(6-5-12(16)9-14)8-10-7-11(15)3-4-13(10)17-2/h3-4,7,12H,5-6,8-9,16H2,1-2H3. The lowest BCUT2D eigenvalue weighted by molar-refractivity contribution is 0.321. The van der Waals surface area contributed by atoms with Crippen LogP contribution in [0.15, 0.2) is 22.7 Å². The SMILES string of the molecule is COc1ccc(Br)cc1CC1(C)CCC(N)C1. The molecule has 0 radical (unpaired) electrons. The topological polar surface area (TPSA) is 35.2 Å². The Kier molecular flexibility index (Phi) is 3.79. The zero-order valence-corrected chi connectivity index (χ0v) is 12.1. The van der Waals surface area contributed by atoms with Gasteiger partial charge in [-0.3, -0.25) is 0 Å². The van der Waals surface area contributed by atoms with Gasteiger partial charge in [-0.2, -0.15) is 0 Å². The van der Waals surface area contributed by atoms with Crippen LogP contribution in [0.5, 0.6) is 5.75 Å². The third kappa shape index (κ3) is 3.02. The molecule has 0 saturated heterocycles. The Morgan fingerprint density at radius 1 is 1.53 bits per heavy atom. The highest BCUT2D eigenvalue weighted by molar-refractivity contribution is 9.10. The van der Waals surface area contributed by atoms with Gasteiger partial charge in [-0.15, -0.1) is 0 Å². The average Bonchev–Trinajstić information content (AvgIpc) is 2.59. The molecule has 1 aliphatic rings. The molecular weight excluding hydrogens is 278 g/mol. The Bertz CT molecular complexity index is 407. The molecule has 2 N–H and O–H groups in total. The third-order valence-electron chi connectivity index (χ3n) is 3.73. The van der Waals surface area contributed by atoms with Crippen LogP contribution >= 0.6 is 15.9 Å². The van der Waals surface area contributed by atoms with E-state index in [1.165, 1.54) is 12.0 Å². The molecule has 17 heavy (non-hydrogen) atoms. The van der Waals surface area contributed by atoms with Gasteiger partial charge in [0.15, 0.2) is 0 Å². The van der Waals surface area contributed by atoms with Crippen molar-refractivity contribution in [2.24, 2.45) is 11.1 Å². The van der Waals surface area contributed by atoms with E-state index < -0.39 is 0 Å². The largest absolute Gasteiger partial charge is 0.496 e. The molecule has 2 nitrogen and oxygen atoms in total. The summed E-state index contributed by atoms with van der Waals surface area (Å²) in [6, 6.07) is 6.58. The van der Waals surface area contributed by atoms with E-state index in [2.05, 4.69) is 28.9 Å². The lowest BCUT2D eigenvalue weighted by Gasteiger charge is -2.25. The second-order valence-corrected chi connectivity index (χ2v) is 6.36. The number of benzene rings is 1. The molecule has 2 atom stereocenters. The minimum Gasteiger partial charge on any atom is -0.496 e. The molecule has 0 aromatic heterocycles. The zero-order valence-electron chi connectivity index (χ0n) is 10.5. The van der Waals surface area contributed by atoms with Gasteiger partial charge >= 0.3 is 0 Å². The minimum absolute atomic E-state index is 0.327. The van der Waals surface area contributed by atoms with E-state index >= 15 is 0 Å². The van der Waals surface area contributed by atoms with Gasteiger partial charge < -0.3 is 10.5 Å². The summed E-state index contributed by atoms with van der Waals surface area (Å²) in [4.78, 5) is 0. The average molecular weight is 298 g/mol. The molecule has 1 fully saturated rings. The molecule has 0 aliphatic heterocycles. The normalized spacial score (nSPS) is 28.4. The molecule has 1 aromatic carbocycles. The second kappa shape index (κ2) is 4.99. The van der Waals surface area contributed by atoms with E-state index in [0.717, 1.165) is 29.5 Å². The van der Waals surface area contributed by atoms with Crippen molar-refractivity contribution in [2.45, 2.75) is 38.6 Å². The molecule has 1 aromatic rings. The number of halogens is 1. The Labute approximate surface area is 112 Å². The predicted molar refractivity (Wildman–Crippen MR) is 74.3 cm³/mol. The summed E-state index contributed by atoms with van der Waals surface area (Å²) in [6.07, 6.45) is 4.52. The summed E-state index contributed by atoms with van der Waals surface area (Å²) >= 11 is 3.52. The van der Waals surface area contributed by atoms with Crippen LogP contribution in [-0.2, 0) is 6.42 Å². The van der Waals surface area contributed by atoms with Crippen LogP contribution < -0.4 is 10.5 Å². The van der Waals surface area contributed by atoms with E-state index in [-0.39, 0.29) is 0 Å². The van der Waals surface area contributed by atoms with Gasteiger partial charge in [0.1, 0.15) is 5.75 Å². The van der Waals surface area contributed by atoms with Crippen LogP contribution in [0.1, 0.15) is 31.7 Å². The lowest BCUT2D eigenvalue weighted by Crippen LogP contribution is -2.21. The number of hydrogen-bond acceptors (Lipinski definition) is 2. The van der Waals surface area contributed by atoms with E-state index in [1.54, 1.807) is 7.11 Å². The highest BCUT2D eigenvalue weighted by atomic mass is 79.9. The van der Waals surface area contributed by atoms with Crippen LogP contribution in [0.4, 0.5) is 0 Å². The maximum Gasteiger partial charge on any atom is 0.122 e. The molecule has 0 bridgehead atoms. The first kappa shape index (κ1) is 12.9. The monoisotopic (exact) mass is 297 g/mol. The fourth-order valence-electron chi connectivity index (χ4n) is 2.88. The Morgan fingerprint density at radius 2 is 2.29 bits per heavy atom. The molecule has 0 heterocycles. The van der Waals surface area contributed by atoms with Crippen molar-refractivity contribution in [2.75, 3.05) is 7.11 Å². The fourth-order valence-corrected chi connectivity index (χ4v) is 3.29. The maximum absolute atomic E-state index is 6.02. The zero-order chi connectivity index (χ0) is 12.5. The number of rotatable bonds is 3.